The summed E-state index contributed by atoms with van der Waals surface area (Å²) in [6, 6.07) is 9.63. The molecule has 2 N–H and O–H groups in total. The zero-order chi connectivity index (χ0) is 17.8. The number of carbonyl (C=O) groups is 2. The van der Waals surface area contributed by atoms with E-state index < -0.39 is 0 Å². The Balaban J connectivity index is 1.80. The first-order valence-electron chi connectivity index (χ1n) is 8.42. The molecule has 1 heterocycles. The van der Waals surface area contributed by atoms with E-state index >= 15 is 0 Å². The number of hydrogen-bond donors (Lipinski definition) is 2. The van der Waals surface area contributed by atoms with Crippen LogP contribution in [0.4, 0.5) is 0 Å². The highest BCUT2D eigenvalue weighted by Gasteiger charge is 2.28. The van der Waals surface area contributed by atoms with Crippen molar-refractivity contribution in [2.45, 2.75) is 38.6 Å². The minimum Gasteiger partial charge on any atom is -0.472 e. The molecule has 2 atom stereocenters. The van der Waals surface area contributed by atoms with Gasteiger partial charge in [-0.25, -0.2) is 0 Å². The first kappa shape index (κ1) is 17.0. The van der Waals surface area contributed by atoms with Gasteiger partial charge in [-0.05, 0) is 30.6 Å². The summed E-state index contributed by atoms with van der Waals surface area (Å²) in [5, 5.41) is 6.00. The molecule has 2 aliphatic rings. The van der Waals surface area contributed by atoms with Gasteiger partial charge in [0.05, 0.1) is 18.4 Å². The normalized spacial score (nSPS) is 20.1. The monoisotopic (exact) mass is 338 g/mol. The predicted octanol–water partition coefficient (Wildman–Crippen LogP) is 2.89. The topological polar surface area (TPSA) is 67.4 Å². The highest BCUT2D eigenvalue weighted by Crippen LogP contribution is 2.32. The van der Waals surface area contributed by atoms with E-state index in [4.69, 9.17) is 4.74 Å². The van der Waals surface area contributed by atoms with Crippen LogP contribution in [0.2, 0.25) is 0 Å². The van der Waals surface area contributed by atoms with E-state index in [9.17, 15) is 9.59 Å². The Hall–Kier alpha value is -2.82. The van der Waals surface area contributed by atoms with E-state index in [1.807, 2.05) is 43.3 Å². The SMILES string of the molecule is CC(=O)NC1CC2=COC=CC2=C(NC(=O)C(C)c2ccccc2)C1. The van der Waals surface area contributed by atoms with Crippen molar-refractivity contribution in [3.05, 3.63) is 71.3 Å². The van der Waals surface area contributed by atoms with Gasteiger partial charge in [-0.2, -0.15) is 0 Å². The Morgan fingerprint density at radius 1 is 1.20 bits per heavy atom. The van der Waals surface area contributed by atoms with E-state index in [0.717, 1.165) is 22.4 Å². The zero-order valence-electron chi connectivity index (χ0n) is 14.4. The smallest absolute Gasteiger partial charge is 0.231 e. The summed E-state index contributed by atoms with van der Waals surface area (Å²) in [6.45, 7) is 3.39. The molecule has 0 radical (unpaired) electrons. The first-order valence-corrected chi connectivity index (χ1v) is 8.42. The Kier molecular flexibility index (Phi) is 5.03. The van der Waals surface area contributed by atoms with Gasteiger partial charge < -0.3 is 15.4 Å². The van der Waals surface area contributed by atoms with Crippen LogP contribution in [-0.2, 0) is 14.3 Å². The lowest BCUT2D eigenvalue weighted by Gasteiger charge is -2.30. The van der Waals surface area contributed by atoms with Crippen molar-refractivity contribution in [1.29, 1.82) is 0 Å². The van der Waals surface area contributed by atoms with Crippen LogP contribution in [0, 0.1) is 0 Å². The number of hydrogen-bond acceptors (Lipinski definition) is 3. The Morgan fingerprint density at radius 3 is 2.68 bits per heavy atom. The number of nitrogens with one attached hydrogen (secondary N) is 2. The highest BCUT2D eigenvalue weighted by atomic mass is 16.5. The summed E-state index contributed by atoms with van der Waals surface area (Å²) in [5.41, 5.74) is 3.75. The fourth-order valence-electron chi connectivity index (χ4n) is 3.20. The lowest BCUT2D eigenvalue weighted by Crippen LogP contribution is -2.40. The number of carbonyl (C=O) groups excluding carboxylic acids is 2. The maximum atomic E-state index is 12.7. The summed E-state index contributed by atoms with van der Waals surface area (Å²) in [5.74, 6) is -0.396. The van der Waals surface area contributed by atoms with Gasteiger partial charge in [0.15, 0.2) is 0 Å². The van der Waals surface area contributed by atoms with Crippen molar-refractivity contribution < 1.29 is 14.3 Å². The van der Waals surface area contributed by atoms with Crippen LogP contribution >= 0.6 is 0 Å². The molecule has 130 valence electrons. The second-order valence-corrected chi connectivity index (χ2v) is 6.40. The Bertz CT molecular complexity index is 762. The van der Waals surface area contributed by atoms with Gasteiger partial charge in [0, 0.05) is 30.7 Å². The maximum Gasteiger partial charge on any atom is 0.231 e. The summed E-state index contributed by atoms with van der Waals surface area (Å²) in [6.07, 6.45) is 6.42. The molecule has 5 nitrogen and oxygen atoms in total. The fraction of sp³-hybridized carbons (Fsp3) is 0.300. The molecule has 0 aromatic heterocycles. The third-order valence-corrected chi connectivity index (χ3v) is 4.49. The van der Waals surface area contributed by atoms with Gasteiger partial charge in [-0.15, -0.1) is 0 Å². The van der Waals surface area contributed by atoms with E-state index in [1.54, 1.807) is 12.5 Å². The van der Waals surface area contributed by atoms with Gasteiger partial charge in [-0.3, -0.25) is 9.59 Å². The van der Waals surface area contributed by atoms with Crippen molar-refractivity contribution in [2.75, 3.05) is 0 Å². The summed E-state index contributed by atoms with van der Waals surface area (Å²) in [7, 11) is 0. The average molecular weight is 338 g/mol. The van der Waals surface area contributed by atoms with Crippen LogP contribution in [0.1, 0.15) is 38.2 Å². The van der Waals surface area contributed by atoms with Gasteiger partial charge in [0.25, 0.3) is 0 Å². The van der Waals surface area contributed by atoms with Crippen molar-refractivity contribution in [3.8, 4) is 0 Å². The van der Waals surface area contributed by atoms with Crippen molar-refractivity contribution >= 4 is 11.8 Å². The van der Waals surface area contributed by atoms with Crippen LogP contribution in [0.5, 0.6) is 0 Å². The predicted molar refractivity (Wildman–Crippen MR) is 95.2 cm³/mol. The van der Waals surface area contributed by atoms with Gasteiger partial charge in [-0.1, -0.05) is 30.3 Å². The van der Waals surface area contributed by atoms with Gasteiger partial charge in [0.2, 0.25) is 11.8 Å². The van der Waals surface area contributed by atoms with Crippen LogP contribution in [-0.4, -0.2) is 17.9 Å². The van der Waals surface area contributed by atoms with E-state index in [-0.39, 0.29) is 23.8 Å². The molecule has 0 bridgehead atoms. The summed E-state index contributed by atoms with van der Waals surface area (Å²) >= 11 is 0. The number of benzene rings is 1. The van der Waals surface area contributed by atoms with Crippen molar-refractivity contribution in [1.82, 2.24) is 10.6 Å². The minimum atomic E-state index is -0.258. The molecule has 0 spiro atoms. The van der Waals surface area contributed by atoms with E-state index in [2.05, 4.69) is 10.6 Å². The van der Waals surface area contributed by atoms with E-state index in [1.165, 1.54) is 6.92 Å². The second kappa shape index (κ2) is 7.38. The molecule has 5 heteroatoms. The second-order valence-electron chi connectivity index (χ2n) is 6.40. The van der Waals surface area contributed by atoms with Gasteiger partial charge in [0.1, 0.15) is 0 Å². The minimum absolute atomic E-state index is 0.0510. The number of allylic oxidation sites excluding steroid dienone is 2. The third kappa shape index (κ3) is 3.99. The summed E-state index contributed by atoms with van der Waals surface area (Å²) < 4.78 is 5.26. The standard InChI is InChI=1S/C20H22N2O3/c1-13(15-6-4-3-5-7-15)20(24)22-19-11-17(21-14(2)23)10-16-12-25-9-8-18(16)19/h3-9,12-13,17H,10-11H2,1-2H3,(H,21,23)(H,22,24). The third-order valence-electron chi connectivity index (χ3n) is 4.49. The first-order chi connectivity index (χ1) is 12.0. The molecule has 1 aliphatic carbocycles. The molecule has 2 amide bonds. The quantitative estimate of drug-likeness (QED) is 0.887. The lowest BCUT2D eigenvalue weighted by atomic mass is 9.87. The van der Waals surface area contributed by atoms with Crippen molar-refractivity contribution in [3.63, 3.8) is 0 Å². The molecule has 2 unspecified atom stereocenters. The summed E-state index contributed by atoms with van der Waals surface area (Å²) in [4.78, 5) is 24.1. The molecule has 0 saturated carbocycles. The average Bonchev–Trinajstić information content (AvgIpc) is 2.61. The lowest BCUT2D eigenvalue weighted by molar-refractivity contribution is -0.121. The molecule has 0 fully saturated rings. The molecular weight excluding hydrogens is 316 g/mol. The Labute approximate surface area is 147 Å². The maximum absolute atomic E-state index is 12.7. The molecule has 25 heavy (non-hydrogen) atoms. The number of amides is 2. The van der Waals surface area contributed by atoms with Crippen LogP contribution in [0.15, 0.2) is 65.8 Å². The number of rotatable bonds is 4. The van der Waals surface area contributed by atoms with Gasteiger partial charge >= 0.3 is 0 Å². The number of ether oxygens (including phenoxy) is 1. The molecule has 1 aliphatic heterocycles. The number of fused-ring (bicyclic) bond motifs is 1. The molecule has 1 aromatic carbocycles. The fourth-order valence-corrected chi connectivity index (χ4v) is 3.20. The zero-order valence-corrected chi connectivity index (χ0v) is 14.4. The molecule has 3 rings (SSSR count). The van der Waals surface area contributed by atoms with Crippen LogP contribution in [0.3, 0.4) is 0 Å². The highest BCUT2D eigenvalue weighted by molar-refractivity contribution is 5.85. The molecule has 0 saturated heterocycles. The van der Waals surface area contributed by atoms with Crippen LogP contribution in [0.25, 0.3) is 0 Å². The van der Waals surface area contributed by atoms with E-state index in [0.29, 0.717) is 12.8 Å². The van der Waals surface area contributed by atoms with Crippen molar-refractivity contribution in [2.24, 2.45) is 0 Å². The van der Waals surface area contributed by atoms with Crippen LogP contribution < -0.4 is 10.6 Å². The largest absolute Gasteiger partial charge is 0.472 e. The molecule has 1 aromatic rings. The molecular formula is C20H22N2O3. The Morgan fingerprint density at radius 2 is 1.96 bits per heavy atom.